The van der Waals surface area contributed by atoms with Crippen LogP contribution in [0.4, 0.5) is 0 Å². The lowest BCUT2D eigenvalue weighted by molar-refractivity contribution is 0.403. The fourth-order valence-electron chi connectivity index (χ4n) is 1.41. The zero-order valence-electron chi connectivity index (χ0n) is 7.49. The molecule has 0 saturated carbocycles. The Kier molecular flexibility index (Phi) is 1.84. The van der Waals surface area contributed by atoms with Crippen LogP contribution in [0, 0.1) is 0 Å². The number of nitrogens with zero attached hydrogens (tertiary/aromatic N) is 3. The summed E-state index contributed by atoms with van der Waals surface area (Å²) < 4.78 is 2.14. The van der Waals surface area contributed by atoms with Crippen molar-refractivity contribution in [1.82, 2.24) is 20.1 Å². The molecule has 0 unspecified atom stereocenters. The Morgan fingerprint density at radius 3 is 2.83 bits per heavy atom. The predicted molar refractivity (Wildman–Crippen MR) is 46.0 cm³/mol. The molecule has 4 nitrogen and oxygen atoms in total. The first-order valence-corrected chi connectivity index (χ1v) is 4.39. The van der Waals surface area contributed by atoms with Gasteiger partial charge in [-0.15, -0.1) is 10.2 Å². The Hall–Kier alpha value is -0.900. The third kappa shape index (κ3) is 1.12. The molecule has 1 fully saturated rings. The highest BCUT2D eigenvalue weighted by atomic mass is 15.3. The number of hydrogen-bond acceptors (Lipinski definition) is 3. The molecule has 0 spiro atoms. The van der Waals surface area contributed by atoms with E-state index in [9.17, 15) is 0 Å². The molecule has 4 heteroatoms. The van der Waals surface area contributed by atoms with E-state index < -0.39 is 0 Å². The molecule has 1 N–H and O–H groups in total. The van der Waals surface area contributed by atoms with Crippen LogP contribution in [0.3, 0.4) is 0 Å². The van der Waals surface area contributed by atoms with E-state index in [1.54, 1.807) is 0 Å². The maximum absolute atomic E-state index is 4.13. The molecule has 2 rings (SSSR count). The first kappa shape index (κ1) is 7.73. The summed E-state index contributed by atoms with van der Waals surface area (Å²) in [5.41, 5.74) is 0. The van der Waals surface area contributed by atoms with E-state index >= 15 is 0 Å². The highest BCUT2D eigenvalue weighted by molar-refractivity contribution is 5.04. The summed E-state index contributed by atoms with van der Waals surface area (Å²) in [6.07, 6.45) is 1.82. The van der Waals surface area contributed by atoms with Crippen molar-refractivity contribution in [2.45, 2.75) is 25.8 Å². The fourth-order valence-corrected chi connectivity index (χ4v) is 1.41. The molecule has 12 heavy (non-hydrogen) atoms. The maximum atomic E-state index is 4.13. The van der Waals surface area contributed by atoms with Gasteiger partial charge in [0.25, 0.3) is 0 Å². The standard InChI is InChI=1S/C8H14N4/c1-6(2)12-5-10-11-8(12)7-3-9-4-7/h5-7,9H,3-4H2,1-2H3. The van der Waals surface area contributed by atoms with Gasteiger partial charge < -0.3 is 9.88 Å². The fraction of sp³-hybridized carbons (Fsp3) is 0.750. The summed E-state index contributed by atoms with van der Waals surface area (Å²) in [6, 6.07) is 0.468. The van der Waals surface area contributed by atoms with Crippen molar-refractivity contribution < 1.29 is 0 Å². The molecular formula is C8H14N4. The van der Waals surface area contributed by atoms with Crippen LogP contribution in [0.5, 0.6) is 0 Å². The average molecular weight is 166 g/mol. The molecule has 1 aromatic heterocycles. The monoisotopic (exact) mass is 166 g/mol. The van der Waals surface area contributed by atoms with Crippen LogP contribution >= 0.6 is 0 Å². The molecule has 1 aliphatic heterocycles. The summed E-state index contributed by atoms with van der Waals surface area (Å²) in [7, 11) is 0. The first-order chi connectivity index (χ1) is 5.79. The second kappa shape index (κ2) is 2.86. The summed E-state index contributed by atoms with van der Waals surface area (Å²) in [4.78, 5) is 0. The Labute approximate surface area is 72.0 Å². The van der Waals surface area contributed by atoms with E-state index in [1.807, 2.05) is 6.33 Å². The first-order valence-electron chi connectivity index (χ1n) is 4.39. The smallest absolute Gasteiger partial charge is 0.138 e. The van der Waals surface area contributed by atoms with Gasteiger partial charge in [-0.05, 0) is 13.8 Å². The van der Waals surface area contributed by atoms with Crippen molar-refractivity contribution in [3.8, 4) is 0 Å². The summed E-state index contributed by atoms with van der Waals surface area (Å²) >= 11 is 0. The largest absolute Gasteiger partial charge is 0.315 e. The van der Waals surface area contributed by atoms with Gasteiger partial charge in [-0.25, -0.2) is 0 Å². The minimum Gasteiger partial charge on any atom is -0.315 e. The molecule has 1 aliphatic rings. The van der Waals surface area contributed by atoms with Gasteiger partial charge in [-0.2, -0.15) is 0 Å². The minimum atomic E-state index is 0.468. The molecular weight excluding hydrogens is 152 g/mol. The molecule has 1 aromatic rings. The van der Waals surface area contributed by atoms with E-state index in [-0.39, 0.29) is 0 Å². The molecule has 0 bridgehead atoms. The average Bonchev–Trinajstić information content (AvgIpc) is 2.31. The van der Waals surface area contributed by atoms with E-state index in [2.05, 4.69) is 33.9 Å². The quantitative estimate of drug-likeness (QED) is 0.697. The van der Waals surface area contributed by atoms with Crippen LogP contribution in [-0.2, 0) is 0 Å². The van der Waals surface area contributed by atoms with Crippen LogP contribution in [0.1, 0.15) is 31.6 Å². The van der Waals surface area contributed by atoms with E-state index in [0.717, 1.165) is 18.9 Å². The van der Waals surface area contributed by atoms with E-state index in [1.165, 1.54) is 0 Å². The van der Waals surface area contributed by atoms with Crippen LogP contribution in [0.25, 0.3) is 0 Å². The summed E-state index contributed by atoms with van der Waals surface area (Å²) in [5, 5.41) is 11.3. The molecule has 0 aliphatic carbocycles. The number of nitrogens with one attached hydrogen (secondary N) is 1. The highest BCUT2D eigenvalue weighted by Gasteiger charge is 2.24. The van der Waals surface area contributed by atoms with Crippen LogP contribution in [0.15, 0.2) is 6.33 Å². The third-order valence-electron chi connectivity index (χ3n) is 2.30. The molecule has 0 radical (unpaired) electrons. The summed E-state index contributed by atoms with van der Waals surface area (Å²) in [6.45, 7) is 6.40. The van der Waals surface area contributed by atoms with Gasteiger partial charge in [0.1, 0.15) is 12.2 Å². The van der Waals surface area contributed by atoms with Gasteiger partial charge in [0.05, 0.1) is 0 Å². The highest BCUT2D eigenvalue weighted by Crippen LogP contribution is 2.19. The van der Waals surface area contributed by atoms with Gasteiger partial charge in [0.15, 0.2) is 0 Å². The maximum Gasteiger partial charge on any atom is 0.138 e. The zero-order chi connectivity index (χ0) is 8.55. The molecule has 2 heterocycles. The van der Waals surface area contributed by atoms with Crippen molar-refractivity contribution in [3.63, 3.8) is 0 Å². The van der Waals surface area contributed by atoms with Crippen molar-refractivity contribution in [1.29, 1.82) is 0 Å². The Morgan fingerprint density at radius 2 is 2.33 bits per heavy atom. The Balaban J connectivity index is 2.23. The number of rotatable bonds is 2. The number of hydrogen-bond donors (Lipinski definition) is 1. The second-order valence-corrected chi connectivity index (χ2v) is 3.55. The van der Waals surface area contributed by atoms with E-state index in [4.69, 9.17) is 0 Å². The third-order valence-corrected chi connectivity index (χ3v) is 2.30. The molecule has 0 atom stereocenters. The lowest BCUT2D eigenvalue weighted by Crippen LogP contribution is -2.41. The predicted octanol–water partition coefficient (Wildman–Crippen LogP) is 0.546. The SMILES string of the molecule is CC(C)n1cnnc1C1CNC1. The van der Waals surface area contributed by atoms with Gasteiger partial charge >= 0.3 is 0 Å². The van der Waals surface area contributed by atoms with Gasteiger partial charge in [0.2, 0.25) is 0 Å². The minimum absolute atomic E-state index is 0.468. The molecule has 66 valence electrons. The van der Waals surface area contributed by atoms with Gasteiger partial charge in [-0.1, -0.05) is 0 Å². The van der Waals surface area contributed by atoms with Crippen molar-refractivity contribution in [2.75, 3.05) is 13.1 Å². The van der Waals surface area contributed by atoms with Crippen LogP contribution < -0.4 is 5.32 Å². The second-order valence-electron chi connectivity index (χ2n) is 3.55. The van der Waals surface area contributed by atoms with E-state index in [0.29, 0.717) is 12.0 Å². The Morgan fingerprint density at radius 1 is 1.58 bits per heavy atom. The number of aromatic nitrogens is 3. The lowest BCUT2D eigenvalue weighted by Gasteiger charge is -2.27. The molecule has 0 aromatic carbocycles. The molecule has 0 amide bonds. The summed E-state index contributed by atoms with van der Waals surface area (Å²) in [5.74, 6) is 1.71. The van der Waals surface area contributed by atoms with Gasteiger partial charge in [0, 0.05) is 25.0 Å². The topological polar surface area (TPSA) is 42.7 Å². The van der Waals surface area contributed by atoms with Crippen LogP contribution in [-0.4, -0.2) is 27.9 Å². The van der Waals surface area contributed by atoms with Crippen LogP contribution in [0.2, 0.25) is 0 Å². The Bertz CT molecular complexity index is 262. The lowest BCUT2D eigenvalue weighted by atomic mass is 10.0. The normalized spacial score (nSPS) is 18.2. The van der Waals surface area contributed by atoms with Crippen molar-refractivity contribution >= 4 is 0 Å². The van der Waals surface area contributed by atoms with Gasteiger partial charge in [-0.3, -0.25) is 0 Å². The molecule has 1 saturated heterocycles. The van der Waals surface area contributed by atoms with Crippen molar-refractivity contribution in [3.05, 3.63) is 12.2 Å². The zero-order valence-corrected chi connectivity index (χ0v) is 7.49. The van der Waals surface area contributed by atoms with Crippen molar-refractivity contribution in [2.24, 2.45) is 0 Å².